The Morgan fingerprint density at radius 1 is 1.24 bits per heavy atom. The minimum absolute atomic E-state index is 0.0566. The Morgan fingerprint density at radius 3 is 2.88 bits per heavy atom. The van der Waals surface area contributed by atoms with E-state index in [2.05, 4.69) is 35.3 Å². The van der Waals surface area contributed by atoms with Crippen molar-refractivity contribution in [2.45, 2.75) is 22.6 Å². The summed E-state index contributed by atoms with van der Waals surface area (Å²) in [6.07, 6.45) is 4.71. The van der Waals surface area contributed by atoms with Crippen LogP contribution in [0.25, 0.3) is 0 Å². The van der Waals surface area contributed by atoms with E-state index in [0.717, 1.165) is 12.0 Å². The summed E-state index contributed by atoms with van der Waals surface area (Å²) in [6, 6.07) is 12.6. The third kappa shape index (κ3) is 2.08. The highest BCUT2D eigenvalue weighted by Gasteiger charge is 2.27. The van der Waals surface area contributed by atoms with Crippen LogP contribution in [0.5, 0.6) is 0 Å². The van der Waals surface area contributed by atoms with Crippen LogP contribution >= 0.6 is 11.8 Å². The van der Waals surface area contributed by atoms with Crippen LogP contribution in [0.2, 0.25) is 0 Å². The monoisotopic (exact) mass is 242 g/mol. The number of fused-ring (bicyclic) bond motifs is 1. The fourth-order valence-electron chi connectivity index (χ4n) is 2.20. The fraction of sp³-hybridized carbons (Fsp3) is 0.214. The zero-order valence-corrected chi connectivity index (χ0v) is 10.2. The van der Waals surface area contributed by atoms with Gasteiger partial charge in [0.25, 0.3) is 0 Å². The third-order valence-electron chi connectivity index (χ3n) is 3.14. The summed E-state index contributed by atoms with van der Waals surface area (Å²) in [4.78, 5) is 5.51. The van der Waals surface area contributed by atoms with Crippen LogP contribution in [-0.2, 0) is 6.42 Å². The van der Waals surface area contributed by atoms with Gasteiger partial charge in [-0.1, -0.05) is 24.3 Å². The predicted octanol–water partition coefficient (Wildman–Crippen LogP) is 2.80. The SMILES string of the molecule is NC(c1cccnc1)C1Cc2ccccc2S1. The van der Waals surface area contributed by atoms with E-state index < -0.39 is 0 Å². The van der Waals surface area contributed by atoms with Gasteiger partial charge in [0.1, 0.15) is 0 Å². The molecule has 0 radical (unpaired) electrons. The molecule has 2 unspecified atom stereocenters. The van der Waals surface area contributed by atoms with E-state index in [9.17, 15) is 0 Å². The Labute approximate surface area is 105 Å². The van der Waals surface area contributed by atoms with Crippen molar-refractivity contribution in [1.29, 1.82) is 0 Å². The van der Waals surface area contributed by atoms with E-state index in [4.69, 9.17) is 5.73 Å². The van der Waals surface area contributed by atoms with Crippen LogP contribution in [-0.4, -0.2) is 10.2 Å². The number of nitrogens with two attached hydrogens (primary N) is 1. The van der Waals surface area contributed by atoms with E-state index in [1.807, 2.05) is 24.0 Å². The minimum atomic E-state index is 0.0566. The molecule has 0 saturated heterocycles. The zero-order chi connectivity index (χ0) is 11.7. The minimum Gasteiger partial charge on any atom is -0.323 e. The quantitative estimate of drug-likeness (QED) is 0.880. The Kier molecular flexibility index (Phi) is 2.87. The molecule has 86 valence electrons. The Balaban J connectivity index is 1.81. The van der Waals surface area contributed by atoms with E-state index in [-0.39, 0.29) is 6.04 Å². The molecule has 3 heteroatoms. The predicted molar refractivity (Wildman–Crippen MR) is 71.0 cm³/mol. The van der Waals surface area contributed by atoms with Gasteiger partial charge in [0.15, 0.2) is 0 Å². The lowest BCUT2D eigenvalue weighted by Gasteiger charge is -2.17. The van der Waals surface area contributed by atoms with Gasteiger partial charge in [-0.3, -0.25) is 4.98 Å². The van der Waals surface area contributed by atoms with Crippen molar-refractivity contribution in [3.63, 3.8) is 0 Å². The molecule has 0 aliphatic carbocycles. The second kappa shape index (κ2) is 4.51. The number of benzene rings is 1. The number of aromatic nitrogens is 1. The molecule has 0 spiro atoms. The molecule has 0 fully saturated rings. The highest BCUT2D eigenvalue weighted by atomic mass is 32.2. The number of nitrogens with zero attached hydrogens (tertiary/aromatic N) is 1. The topological polar surface area (TPSA) is 38.9 Å². The van der Waals surface area contributed by atoms with E-state index in [0.29, 0.717) is 5.25 Å². The lowest BCUT2D eigenvalue weighted by Crippen LogP contribution is -2.23. The molecule has 0 saturated carbocycles. The maximum Gasteiger partial charge on any atom is 0.0437 e. The van der Waals surface area contributed by atoms with Crippen molar-refractivity contribution in [3.8, 4) is 0 Å². The molecule has 0 amide bonds. The van der Waals surface area contributed by atoms with Crippen molar-refractivity contribution in [3.05, 3.63) is 59.9 Å². The van der Waals surface area contributed by atoms with Crippen LogP contribution in [0.15, 0.2) is 53.7 Å². The zero-order valence-electron chi connectivity index (χ0n) is 9.41. The van der Waals surface area contributed by atoms with Crippen LogP contribution in [0.3, 0.4) is 0 Å². The largest absolute Gasteiger partial charge is 0.323 e. The summed E-state index contributed by atoms with van der Waals surface area (Å²) in [5.74, 6) is 0. The molecule has 2 N–H and O–H groups in total. The normalized spacial score (nSPS) is 19.9. The van der Waals surface area contributed by atoms with Gasteiger partial charge in [-0.05, 0) is 29.7 Å². The summed E-state index contributed by atoms with van der Waals surface area (Å²) >= 11 is 1.89. The number of thioether (sulfide) groups is 1. The highest BCUT2D eigenvalue weighted by molar-refractivity contribution is 8.00. The molecule has 3 rings (SSSR count). The Hall–Kier alpha value is -1.32. The fourth-order valence-corrected chi connectivity index (χ4v) is 3.55. The molecular formula is C14H14N2S. The van der Waals surface area contributed by atoms with Gasteiger partial charge in [0.2, 0.25) is 0 Å². The second-order valence-corrected chi connectivity index (χ2v) is 5.56. The maximum absolute atomic E-state index is 6.32. The van der Waals surface area contributed by atoms with Gasteiger partial charge in [-0.15, -0.1) is 11.8 Å². The van der Waals surface area contributed by atoms with Crippen LogP contribution in [0.1, 0.15) is 17.2 Å². The Morgan fingerprint density at radius 2 is 2.12 bits per heavy atom. The van der Waals surface area contributed by atoms with Gasteiger partial charge in [-0.2, -0.15) is 0 Å². The smallest absolute Gasteiger partial charge is 0.0437 e. The van der Waals surface area contributed by atoms with E-state index in [1.165, 1.54) is 10.5 Å². The van der Waals surface area contributed by atoms with Crippen LogP contribution in [0, 0.1) is 0 Å². The maximum atomic E-state index is 6.32. The van der Waals surface area contributed by atoms with Gasteiger partial charge in [-0.25, -0.2) is 0 Å². The van der Waals surface area contributed by atoms with Crippen molar-refractivity contribution in [2.24, 2.45) is 5.73 Å². The summed E-state index contributed by atoms with van der Waals surface area (Å²) in [5, 5.41) is 0.427. The lowest BCUT2D eigenvalue weighted by atomic mass is 10.0. The molecular weight excluding hydrogens is 228 g/mol. The van der Waals surface area contributed by atoms with Crippen LogP contribution < -0.4 is 5.73 Å². The van der Waals surface area contributed by atoms with Crippen molar-refractivity contribution >= 4 is 11.8 Å². The summed E-state index contributed by atoms with van der Waals surface area (Å²) < 4.78 is 0. The molecule has 2 atom stereocenters. The lowest BCUT2D eigenvalue weighted by molar-refractivity contribution is 0.675. The number of pyridine rings is 1. The first-order valence-corrected chi connectivity index (χ1v) is 6.62. The third-order valence-corrected chi connectivity index (χ3v) is 4.56. The first kappa shape index (κ1) is 10.8. The standard InChI is InChI=1S/C14H14N2S/c15-14(11-5-3-7-16-9-11)13-8-10-4-1-2-6-12(10)17-13/h1-7,9,13-14H,8,15H2. The van der Waals surface area contributed by atoms with Gasteiger partial charge < -0.3 is 5.73 Å². The van der Waals surface area contributed by atoms with Gasteiger partial charge in [0.05, 0.1) is 0 Å². The number of rotatable bonds is 2. The summed E-state index contributed by atoms with van der Waals surface area (Å²) in [7, 11) is 0. The van der Waals surface area contributed by atoms with Gasteiger partial charge in [0, 0.05) is 28.6 Å². The highest BCUT2D eigenvalue weighted by Crippen LogP contribution is 2.41. The van der Waals surface area contributed by atoms with Crippen molar-refractivity contribution < 1.29 is 0 Å². The molecule has 17 heavy (non-hydrogen) atoms. The summed E-state index contributed by atoms with van der Waals surface area (Å²) in [5.41, 5.74) is 8.86. The van der Waals surface area contributed by atoms with Crippen LogP contribution in [0.4, 0.5) is 0 Å². The molecule has 1 aliphatic heterocycles. The average Bonchev–Trinajstić information content (AvgIpc) is 2.82. The Bertz CT molecular complexity index is 488. The molecule has 1 aliphatic rings. The first-order valence-electron chi connectivity index (χ1n) is 5.74. The molecule has 2 nitrogen and oxygen atoms in total. The number of hydrogen-bond acceptors (Lipinski definition) is 3. The molecule has 2 heterocycles. The summed E-state index contributed by atoms with van der Waals surface area (Å²) in [6.45, 7) is 0. The van der Waals surface area contributed by atoms with E-state index in [1.54, 1.807) is 6.20 Å². The molecule has 1 aromatic carbocycles. The van der Waals surface area contributed by atoms with Gasteiger partial charge >= 0.3 is 0 Å². The molecule has 0 bridgehead atoms. The average molecular weight is 242 g/mol. The molecule has 2 aromatic rings. The first-order chi connectivity index (χ1) is 8.34. The molecule has 1 aromatic heterocycles. The van der Waals surface area contributed by atoms with Crippen molar-refractivity contribution in [1.82, 2.24) is 4.98 Å². The van der Waals surface area contributed by atoms with Crippen molar-refractivity contribution in [2.75, 3.05) is 0 Å². The van der Waals surface area contributed by atoms with E-state index >= 15 is 0 Å². The second-order valence-electron chi connectivity index (χ2n) is 4.28. The number of hydrogen-bond donors (Lipinski definition) is 1.